The van der Waals surface area contributed by atoms with Gasteiger partial charge in [-0.3, -0.25) is 9.59 Å². The summed E-state index contributed by atoms with van der Waals surface area (Å²) >= 11 is 0. The van der Waals surface area contributed by atoms with Gasteiger partial charge in [-0.2, -0.15) is 0 Å². The normalized spacial score (nSPS) is 14.5. The molecule has 0 spiro atoms. The summed E-state index contributed by atoms with van der Waals surface area (Å²) in [5, 5.41) is 11.5. The molecule has 82 valence electrons. The summed E-state index contributed by atoms with van der Waals surface area (Å²) in [6.07, 6.45) is 0.983. The largest absolute Gasteiger partial charge is 0.481 e. The molecule has 0 saturated heterocycles. The Labute approximate surface area is 84.7 Å². The van der Waals surface area contributed by atoms with Gasteiger partial charge >= 0.3 is 5.97 Å². The third-order valence-corrected chi connectivity index (χ3v) is 2.28. The third kappa shape index (κ3) is 4.25. The van der Waals surface area contributed by atoms with Crippen molar-refractivity contribution in [1.29, 1.82) is 0 Å². The molecule has 0 aliphatic carbocycles. The molecule has 2 atom stereocenters. The number of carboxylic acid groups (broad SMARTS) is 1. The maximum Gasteiger partial charge on any atom is 0.306 e. The monoisotopic (exact) mass is 201 g/mol. The zero-order valence-corrected chi connectivity index (χ0v) is 9.04. The van der Waals surface area contributed by atoms with Crippen LogP contribution in [-0.2, 0) is 9.59 Å². The Morgan fingerprint density at radius 3 is 2.29 bits per heavy atom. The molecular weight excluding hydrogens is 182 g/mol. The molecule has 2 N–H and O–H groups in total. The molecule has 0 aliphatic heterocycles. The smallest absolute Gasteiger partial charge is 0.306 e. The maximum atomic E-state index is 11.3. The van der Waals surface area contributed by atoms with E-state index in [0.717, 1.165) is 0 Å². The molecule has 0 bridgehead atoms. The first-order chi connectivity index (χ1) is 6.52. The van der Waals surface area contributed by atoms with Gasteiger partial charge in [0.1, 0.15) is 0 Å². The van der Waals surface area contributed by atoms with Crippen LogP contribution in [0.25, 0.3) is 0 Å². The first kappa shape index (κ1) is 12.9. The zero-order chi connectivity index (χ0) is 11.1. The SMILES string of the molecule is CCNC(=O)C(C)CC(CC)C(=O)O. The molecule has 4 nitrogen and oxygen atoms in total. The maximum absolute atomic E-state index is 11.3. The molecule has 14 heavy (non-hydrogen) atoms. The predicted molar refractivity (Wildman–Crippen MR) is 53.9 cm³/mol. The molecule has 0 radical (unpaired) electrons. The second-order valence-corrected chi connectivity index (χ2v) is 3.47. The Balaban J connectivity index is 4.08. The topological polar surface area (TPSA) is 66.4 Å². The minimum absolute atomic E-state index is 0.0628. The number of carbonyl (C=O) groups is 2. The highest BCUT2D eigenvalue weighted by molar-refractivity contribution is 5.79. The Kier molecular flexibility index (Phi) is 5.92. The van der Waals surface area contributed by atoms with Gasteiger partial charge in [0.05, 0.1) is 5.92 Å². The fraction of sp³-hybridized carbons (Fsp3) is 0.800. The lowest BCUT2D eigenvalue weighted by Crippen LogP contribution is -2.31. The van der Waals surface area contributed by atoms with Crippen LogP contribution in [0, 0.1) is 11.8 Å². The summed E-state index contributed by atoms with van der Waals surface area (Å²) in [5.74, 6) is -1.51. The zero-order valence-electron chi connectivity index (χ0n) is 9.04. The van der Waals surface area contributed by atoms with Crippen LogP contribution in [0.1, 0.15) is 33.6 Å². The Morgan fingerprint density at radius 2 is 1.93 bits per heavy atom. The number of amides is 1. The lowest BCUT2D eigenvalue weighted by Gasteiger charge is -2.15. The van der Waals surface area contributed by atoms with Crippen molar-refractivity contribution in [3.05, 3.63) is 0 Å². The highest BCUT2D eigenvalue weighted by Crippen LogP contribution is 2.15. The van der Waals surface area contributed by atoms with Gasteiger partial charge in [-0.05, 0) is 19.8 Å². The molecule has 0 rings (SSSR count). The lowest BCUT2D eigenvalue weighted by atomic mass is 9.93. The molecule has 1 amide bonds. The van der Waals surface area contributed by atoms with Crippen molar-refractivity contribution in [1.82, 2.24) is 5.32 Å². The van der Waals surface area contributed by atoms with Gasteiger partial charge in [-0.15, -0.1) is 0 Å². The fourth-order valence-corrected chi connectivity index (χ4v) is 1.32. The van der Waals surface area contributed by atoms with E-state index in [4.69, 9.17) is 5.11 Å². The van der Waals surface area contributed by atoms with E-state index in [1.54, 1.807) is 6.92 Å². The average Bonchev–Trinajstić information content (AvgIpc) is 2.13. The standard InChI is InChI=1S/C10H19NO3/c1-4-8(10(13)14)6-7(3)9(12)11-5-2/h7-8H,4-6H2,1-3H3,(H,11,12)(H,13,14). The minimum atomic E-state index is -0.816. The van der Waals surface area contributed by atoms with Crippen LogP contribution in [0.15, 0.2) is 0 Å². The summed E-state index contributed by atoms with van der Waals surface area (Å²) in [6, 6.07) is 0. The van der Waals surface area contributed by atoms with Gasteiger partial charge < -0.3 is 10.4 Å². The Morgan fingerprint density at radius 1 is 1.36 bits per heavy atom. The van der Waals surface area contributed by atoms with E-state index in [1.807, 2.05) is 13.8 Å². The predicted octanol–water partition coefficient (Wildman–Crippen LogP) is 1.26. The number of hydrogen-bond acceptors (Lipinski definition) is 2. The van der Waals surface area contributed by atoms with Gasteiger partial charge in [-0.25, -0.2) is 0 Å². The molecular formula is C10H19NO3. The van der Waals surface area contributed by atoms with Crippen molar-refractivity contribution in [2.75, 3.05) is 6.54 Å². The summed E-state index contributed by atoms with van der Waals surface area (Å²) < 4.78 is 0. The molecule has 0 aliphatic rings. The molecule has 0 aromatic heterocycles. The molecule has 0 saturated carbocycles. The van der Waals surface area contributed by atoms with Crippen LogP contribution < -0.4 is 5.32 Å². The van der Waals surface area contributed by atoms with Crippen LogP contribution >= 0.6 is 0 Å². The number of nitrogens with one attached hydrogen (secondary N) is 1. The Bertz CT molecular complexity index is 204. The number of carbonyl (C=O) groups excluding carboxylic acids is 1. The second kappa shape index (κ2) is 6.40. The van der Waals surface area contributed by atoms with E-state index in [9.17, 15) is 9.59 Å². The summed E-state index contributed by atoms with van der Waals surface area (Å²) in [5.41, 5.74) is 0. The van der Waals surface area contributed by atoms with E-state index in [-0.39, 0.29) is 11.8 Å². The van der Waals surface area contributed by atoms with Gasteiger partial charge in [-0.1, -0.05) is 13.8 Å². The molecule has 0 aromatic carbocycles. The third-order valence-electron chi connectivity index (χ3n) is 2.28. The molecule has 4 heteroatoms. The van der Waals surface area contributed by atoms with E-state index in [1.165, 1.54) is 0 Å². The van der Waals surface area contributed by atoms with Crippen molar-refractivity contribution in [3.63, 3.8) is 0 Å². The highest BCUT2D eigenvalue weighted by atomic mass is 16.4. The average molecular weight is 201 g/mol. The number of carboxylic acids is 1. The highest BCUT2D eigenvalue weighted by Gasteiger charge is 2.21. The number of rotatable bonds is 6. The van der Waals surface area contributed by atoms with Gasteiger partial charge in [0, 0.05) is 12.5 Å². The van der Waals surface area contributed by atoms with Gasteiger partial charge in [0.25, 0.3) is 0 Å². The van der Waals surface area contributed by atoms with Crippen molar-refractivity contribution in [3.8, 4) is 0 Å². The second-order valence-electron chi connectivity index (χ2n) is 3.47. The fourth-order valence-electron chi connectivity index (χ4n) is 1.32. The van der Waals surface area contributed by atoms with E-state index < -0.39 is 11.9 Å². The summed E-state index contributed by atoms with van der Waals surface area (Å²) in [7, 11) is 0. The van der Waals surface area contributed by atoms with Gasteiger partial charge in [0.2, 0.25) is 5.91 Å². The number of hydrogen-bond donors (Lipinski definition) is 2. The van der Waals surface area contributed by atoms with Crippen molar-refractivity contribution >= 4 is 11.9 Å². The molecule has 0 aromatic rings. The summed E-state index contributed by atoms with van der Waals surface area (Å²) in [4.78, 5) is 22.0. The van der Waals surface area contributed by atoms with E-state index in [2.05, 4.69) is 5.32 Å². The number of aliphatic carboxylic acids is 1. The first-order valence-electron chi connectivity index (χ1n) is 5.03. The van der Waals surface area contributed by atoms with Crippen LogP contribution in [-0.4, -0.2) is 23.5 Å². The van der Waals surface area contributed by atoms with Crippen LogP contribution in [0.4, 0.5) is 0 Å². The molecule has 0 heterocycles. The first-order valence-corrected chi connectivity index (χ1v) is 5.03. The van der Waals surface area contributed by atoms with E-state index in [0.29, 0.717) is 19.4 Å². The van der Waals surface area contributed by atoms with Crippen LogP contribution in [0.2, 0.25) is 0 Å². The molecule has 0 fully saturated rings. The molecule has 2 unspecified atom stereocenters. The minimum Gasteiger partial charge on any atom is -0.481 e. The van der Waals surface area contributed by atoms with Crippen molar-refractivity contribution in [2.45, 2.75) is 33.6 Å². The lowest BCUT2D eigenvalue weighted by molar-refractivity contribution is -0.142. The quantitative estimate of drug-likeness (QED) is 0.680. The van der Waals surface area contributed by atoms with Crippen LogP contribution in [0.3, 0.4) is 0 Å². The van der Waals surface area contributed by atoms with Gasteiger partial charge in [0.15, 0.2) is 0 Å². The van der Waals surface area contributed by atoms with E-state index >= 15 is 0 Å². The van der Waals surface area contributed by atoms with Crippen molar-refractivity contribution < 1.29 is 14.7 Å². The van der Waals surface area contributed by atoms with Crippen molar-refractivity contribution in [2.24, 2.45) is 11.8 Å². The summed E-state index contributed by atoms with van der Waals surface area (Å²) in [6.45, 7) is 6.02. The Hall–Kier alpha value is -1.06. The van der Waals surface area contributed by atoms with Crippen LogP contribution in [0.5, 0.6) is 0 Å².